The highest BCUT2D eigenvalue weighted by atomic mass is 16.5. The molecule has 7 nitrogen and oxygen atoms in total. The SMILES string of the molecule is Cc1[nH]nc2c1C1(CCN(C(=O)c3cccc4[nH]cnc34)CC1)Oc1ccccc1-2. The number of benzene rings is 2. The largest absolute Gasteiger partial charge is 0.482 e. The third kappa shape index (κ3) is 2.35. The number of H-pyrrole nitrogens is 2. The molecule has 7 heteroatoms. The minimum Gasteiger partial charge on any atom is -0.482 e. The summed E-state index contributed by atoms with van der Waals surface area (Å²) < 4.78 is 6.60. The number of rotatable bonds is 1. The van der Waals surface area contributed by atoms with Crippen LogP contribution in [0.2, 0.25) is 0 Å². The van der Waals surface area contributed by atoms with Crippen molar-refractivity contribution in [3.8, 4) is 17.0 Å². The first-order valence-corrected chi connectivity index (χ1v) is 10.2. The lowest BCUT2D eigenvalue weighted by molar-refractivity contribution is -0.00196. The number of aromatic amines is 2. The fraction of sp³-hybridized carbons (Fsp3) is 0.261. The Balaban J connectivity index is 1.32. The van der Waals surface area contributed by atoms with Gasteiger partial charge in [0, 0.05) is 42.8 Å². The van der Waals surface area contributed by atoms with Crippen LogP contribution in [0, 0.1) is 6.92 Å². The molecule has 30 heavy (non-hydrogen) atoms. The van der Waals surface area contributed by atoms with E-state index in [-0.39, 0.29) is 5.91 Å². The molecule has 1 spiro atoms. The Morgan fingerprint density at radius 1 is 1.13 bits per heavy atom. The molecule has 0 saturated carbocycles. The number of hydrogen-bond acceptors (Lipinski definition) is 4. The first-order valence-electron chi connectivity index (χ1n) is 10.2. The zero-order chi connectivity index (χ0) is 20.3. The predicted octanol–water partition coefficient (Wildman–Crippen LogP) is 3.79. The number of amides is 1. The summed E-state index contributed by atoms with van der Waals surface area (Å²) in [5, 5.41) is 7.73. The number of hydrogen-bond donors (Lipinski definition) is 2. The smallest absolute Gasteiger partial charge is 0.256 e. The Labute approximate surface area is 173 Å². The third-order valence-electron chi connectivity index (χ3n) is 6.39. The lowest BCUT2D eigenvalue weighted by Gasteiger charge is -2.44. The van der Waals surface area contributed by atoms with E-state index < -0.39 is 5.60 Å². The average molecular weight is 399 g/mol. The second-order valence-electron chi connectivity index (χ2n) is 8.06. The summed E-state index contributed by atoms with van der Waals surface area (Å²) in [6.07, 6.45) is 3.07. The van der Waals surface area contributed by atoms with Crippen molar-refractivity contribution in [2.75, 3.05) is 13.1 Å². The van der Waals surface area contributed by atoms with E-state index in [1.165, 1.54) is 0 Å². The molecular formula is C23H21N5O2. The van der Waals surface area contributed by atoms with Crippen LogP contribution in [0.4, 0.5) is 0 Å². The van der Waals surface area contributed by atoms with Crippen LogP contribution in [0.25, 0.3) is 22.3 Å². The summed E-state index contributed by atoms with van der Waals surface area (Å²) in [6, 6.07) is 13.7. The van der Waals surface area contributed by atoms with Crippen LogP contribution < -0.4 is 4.74 Å². The summed E-state index contributed by atoms with van der Waals surface area (Å²) >= 11 is 0. The second kappa shape index (κ2) is 6.19. The van der Waals surface area contributed by atoms with Crippen molar-refractivity contribution < 1.29 is 9.53 Å². The number of fused-ring (bicyclic) bond motifs is 5. The van der Waals surface area contributed by atoms with Gasteiger partial charge in [-0.3, -0.25) is 9.89 Å². The van der Waals surface area contributed by atoms with Gasteiger partial charge < -0.3 is 14.6 Å². The van der Waals surface area contributed by atoms with Crippen molar-refractivity contribution in [3.63, 3.8) is 0 Å². The van der Waals surface area contributed by atoms with E-state index in [1.807, 2.05) is 54.3 Å². The van der Waals surface area contributed by atoms with Crippen molar-refractivity contribution in [1.82, 2.24) is 25.1 Å². The van der Waals surface area contributed by atoms with Crippen LogP contribution in [-0.2, 0) is 5.60 Å². The Kier molecular flexibility index (Phi) is 3.56. The molecule has 1 amide bonds. The quantitative estimate of drug-likeness (QED) is 0.510. The number of aryl methyl sites for hydroxylation is 1. The number of carbonyl (C=O) groups excluding carboxylic acids is 1. The van der Waals surface area contributed by atoms with Gasteiger partial charge in [-0.05, 0) is 31.2 Å². The van der Waals surface area contributed by atoms with Gasteiger partial charge in [0.05, 0.1) is 17.4 Å². The highest BCUT2D eigenvalue weighted by molar-refractivity contribution is 6.04. The van der Waals surface area contributed by atoms with Gasteiger partial charge in [-0.2, -0.15) is 5.10 Å². The Morgan fingerprint density at radius 2 is 1.97 bits per heavy atom. The standard InChI is InChI=1S/C23H21N5O2/c1-14-19-21(27-26-14)15-5-2-3-8-18(15)30-23(19)9-11-28(12-10-23)22(29)16-6-4-7-17-20(16)25-13-24-17/h2-8,13H,9-12H2,1H3,(H,24,25)(H,26,27). The monoisotopic (exact) mass is 399 g/mol. The number of aromatic nitrogens is 4. The maximum Gasteiger partial charge on any atom is 0.256 e. The molecule has 2 aromatic carbocycles. The van der Waals surface area contributed by atoms with E-state index in [2.05, 4.69) is 20.2 Å². The van der Waals surface area contributed by atoms with Gasteiger partial charge in [0.15, 0.2) is 0 Å². The summed E-state index contributed by atoms with van der Waals surface area (Å²) in [5.74, 6) is 0.875. The molecule has 0 aliphatic carbocycles. The summed E-state index contributed by atoms with van der Waals surface area (Å²) in [6.45, 7) is 3.28. The number of nitrogens with zero attached hydrogens (tertiary/aromatic N) is 3. The van der Waals surface area contributed by atoms with Crippen LogP contribution in [0.15, 0.2) is 48.8 Å². The maximum absolute atomic E-state index is 13.3. The molecule has 0 unspecified atom stereocenters. The molecule has 0 bridgehead atoms. The van der Waals surface area contributed by atoms with Gasteiger partial charge in [0.1, 0.15) is 22.6 Å². The number of carbonyl (C=O) groups is 1. The lowest BCUT2D eigenvalue weighted by atomic mass is 9.79. The second-order valence-corrected chi connectivity index (χ2v) is 8.06. The van der Waals surface area contributed by atoms with Gasteiger partial charge in [0.2, 0.25) is 0 Å². The van der Waals surface area contributed by atoms with Crippen molar-refractivity contribution in [2.45, 2.75) is 25.4 Å². The molecule has 4 heterocycles. The summed E-state index contributed by atoms with van der Waals surface area (Å²) in [7, 11) is 0. The minimum atomic E-state index is -0.462. The van der Waals surface area contributed by atoms with Crippen LogP contribution in [-0.4, -0.2) is 44.1 Å². The Hall–Kier alpha value is -3.61. The number of piperidine rings is 1. The zero-order valence-corrected chi connectivity index (χ0v) is 16.6. The van der Waals surface area contributed by atoms with E-state index in [0.29, 0.717) is 18.7 Å². The molecule has 6 rings (SSSR count). The van der Waals surface area contributed by atoms with Gasteiger partial charge in [-0.15, -0.1) is 0 Å². The molecule has 0 radical (unpaired) electrons. The van der Waals surface area contributed by atoms with Gasteiger partial charge >= 0.3 is 0 Å². The first-order chi connectivity index (χ1) is 14.7. The Morgan fingerprint density at radius 3 is 2.83 bits per heavy atom. The predicted molar refractivity (Wildman–Crippen MR) is 112 cm³/mol. The third-order valence-corrected chi connectivity index (χ3v) is 6.39. The molecule has 1 fully saturated rings. The number of ether oxygens (including phenoxy) is 1. The highest BCUT2D eigenvalue weighted by Crippen LogP contribution is 2.49. The van der Waals surface area contributed by atoms with Crippen LogP contribution in [0.3, 0.4) is 0 Å². The van der Waals surface area contributed by atoms with Crippen molar-refractivity contribution in [1.29, 1.82) is 0 Å². The fourth-order valence-corrected chi connectivity index (χ4v) is 4.93. The fourth-order valence-electron chi connectivity index (χ4n) is 4.93. The molecule has 0 atom stereocenters. The topological polar surface area (TPSA) is 86.9 Å². The van der Waals surface area contributed by atoms with E-state index in [9.17, 15) is 4.79 Å². The summed E-state index contributed by atoms with van der Waals surface area (Å²) in [4.78, 5) is 22.6. The highest BCUT2D eigenvalue weighted by Gasteiger charge is 2.46. The van der Waals surface area contributed by atoms with Gasteiger partial charge in [-0.1, -0.05) is 18.2 Å². The van der Waals surface area contributed by atoms with Crippen LogP contribution in [0.1, 0.15) is 34.5 Å². The molecule has 2 N–H and O–H groups in total. The van der Waals surface area contributed by atoms with Crippen molar-refractivity contribution in [3.05, 3.63) is 65.6 Å². The molecule has 2 aliphatic rings. The van der Waals surface area contributed by atoms with Crippen LogP contribution >= 0.6 is 0 Å². The molecular weight excluding hydrogens is 378 g/mol. The molecule has 2 aliphatic heterocycles. The minimum absolute atomic E-state index is 0.0166. The summed E-state index contributed by atoms with van der Waals surface area (Å²) in [5.41, 5.74) is 5.92. The maximum atomic E-state index is 13.3. The van der Waals surface area contributed by atoms with Crippen molar-refractivity contribution in [2.24, 2.45) is 0 Å². The number of para-hydroxylation sites is 2. The molecule has 150 valence electrons. The first kappa shape index (κ1) is 17.3. The van der Waals surface area contributed by atoms with E-state index in [1.54, 1.807) is 6.33 Å². The number of likely N-dealkylation sites (tertiary alicyclic amines) is 1. The van der Waals surface area contributed by atoms with Crippen molar-refractivity contribution >= 4 is 16.9 Å². The average Bonchev–Trinajstić information content (AvgIpc) is 3.41. The zero-order valence-electron chi connectivity index (χ0n) is 16.6. The van der Waals surface area contributed by atoms with E-state index in [0.717, 1.165) is 52.1 Å². The van der Waals surface area contributed by atoms with E-state index in [4.69, 9.17) is 4.74 Å². The number of nitrogens with one attached hydrogen (secondary N) is 2. The van der Waals surface area contributed by atoms with Gasteiger partial charge in [0.25, 0.3) is 5.91 Å². The Bertz CT molecular complexity index is 1280. The van der Waals surface area contributed by atoms with Crippen LogP contribution in [0.5, 0.6) is 5.75 Å². The molecule has 4 aromatic rings. The van der Waals surface area contributed by atoms with E-state index >= 15 is 0 Å². The normalized spacial score (nSPS) is 16.9. The number of imidazole rings is 1. The molecule has 2 aromatic heterocycles. The molecule has 1 saturated heterocycles. The van der Waals surface area contributed by atoms with Gasteiger partial charge in [-0.25, -0.2) is 4.98 Å². The lowest BCUT2D eigenvalue weighted by Crippen LogP contribution is -2.49.